The van der Waals surface area contributed by atoms with Gasteiger partial charge in [-0.15, -0.1) is 47.3 Å². The largest absolute Gasteiger partial charge is 0.486 e. The van der Waals surface area contributed by atoms with Gasteiger partial charge in [0.25, 0.3) is 0 Å². The molecular formula is C47H42IrN4OSi-2. The van der Waals surface area contributed by atoms with Crippen molar-refractivity contribution in [1.82, 2.24) is 19.5 Å². The van der Waals surface area contributed by atoms with E-state index < -0.39 is 8.07 Å². The smallest absolute Gasteiger partial charge is 0.216 e. The second kappa shape index (κ2) is 15.3. The number of rotatable bonds is 6. The molecule has 271 valence electrons. The molecule has 4 aromatic heterocycles. The van der Waals surface area contributed by atoms with Crippen molar-refractivity contribution in [3.8, 4) is 28.3 Å². The van der Waals surface area contributed by atoms with Crippen molar-refractivity contribution < 1.29 is 24.5 Å². The van der Waals surface area contributed by atoms with Crippen LogP contribution < -0.4 is 5.19 Å². The number of furan rings is 1. The Balaban J connectivity index is 0.000000164. The van der Waals surface area contributed by atoms with Crippen LogP contribution in [0.15, 0.2) is 132 Å². The summed E-state index contributed by atoms with van der Waals surface area (Å²) in [6.45, 7) is 13.7. The van der Waals surface area contributed by atoms with E-state index in [9.17, 15) is 0 Å². The molecule has 9 aromatic rings. The third kappa shape index (κ3) is 7.32. The average molecular weight is 899 g/mol. The number of imidazole rings is 1. The molecule has 0 aliphatic carbocycles. The molecule has 0 aliphatic rings. The number of pyridine rings is 2. The Kier molecular flexibility index (Phi) is 10.5. The van der Waals surface area contributed by atoms with E-state index in [4.69, 9.17) is 14.4 Å². The van der Waals surface area contributed by atoms with E-state index in [-0.39, 0.29) is 20.1 Å². The van der Waals surface area contributed by atoms with E-state index in [0.717, 1.165) is 67.8 Å². The van der Waals surface area contributed by atoms with Gasteiger partial charge in [-0.2, -0.15) is 0 Å². The molecule has 0 aliphatic heterocycles. The topological polar surface area (TPSA) is 56.7 Å². The van der Waals surface area contributed by atoms with Gasteiger partial charge in [0.15, 0.2) is 0 Å². The zero-order valence-corrected chi connectivity index (χ0v) is 34.8. The van der Waals surface area contributed by atoms with Crippen LogP contribution in [0.25, 0.3) is 72.2 Å². The third-order valence-corrected chi connectivity index (χ3v) is 11.7. The summed E-state index contributed by atoms with van der Waals surface area (Å²) >= 11 is 0. The Morgan fingerprint density at radius 1 is 0.778 bits per heavy atom. The minimum atomic E-state index is -1.46. The van der Waals surface area contributed by atoms with E-state index in [1.54, 1.807) is 0 Å². The molecule has 0 N–H and O–H groups in total. The van der Waals surface area contributed by atoms with Gasteiger partial charge >= 0.3 is 0 Å². The van der Waals surface area contributed by atoms with Crippen molar-refractivity contribution in [2.75, 3.05) is 0 Å². The van der Waals surface area contributed by atoms with Crippen molar-refractivity contribution in [2.45, 2.75) is 46.8 Å². The first-order chi connectivity index (χ1) is 25.6. The maximum Gasteiger partial charge on any atom is 0.216 e. The summed E-state index contributed by atoms with van der Waals surface area (Å²) in [6.07, 6.45) is 3.16. The molecule has 0 atom stereocenters. The van der Waals surface area contributed by atoms with Crippen LogP contribution in [0.2, 0.25) is 19.6 Å². The minimum absolute atomic E-state index is 0. The van der Waals surface area contributed by atoms with Crippen LogP contribution >= 0.6 is 0 Å². The number of benzene rings is 5. The number of para-hydroxylation sites is 3. The zero-order chi connectivity index (χ0) is 36.7. The number of aryl methyl sites for hydroxylation is 1. The van der Waals surface area contributed by atoms with Crippen LogP contribution in [0, 0.1) is 25.0 Å². The fourth-order valence-corrected chi connectivity index (χ4v) is 8.71. The van der Waals surface area contributed by atoms with Crippen molar-refractivity contribution in [3.05, 3.63) is 151 Å². The first-order valence-corrected chi connectivity index (χ1v) is 21.8. The van der Waals surface area contributed by atoms with Crippen LogP contribution in [-0.2, 0) is 26.5 Å². The number of hydrogen-bond donors (Lipinski definition) is 0. The second-order valence-corrected chi connectivity index (χ2v) is 20.2. The van der Waals surface area contributed by atoms with Gasteiger partial charge in [0.05, 0.1) is 30.5 Å². The molecule has 0 fully saturated rings. The summed E-state index contributed by atoms with van der Waals surface area (Å²) in [5, 5.41) is 5.94. The third-order valence-electron chi connectivity index (χ3n) is 9.61. The van der Waals surface area contributed by atoms with E-state index in [1.165, 1.54) is 21.5 Å². The molecule has 0 unspecified atom stereocenters. The fraction of sp³-hybridized carbons (Fsp3) is 0.170. The minimum Gasteiger partial charge on any atom is -0.486 e. The van der Waals surface area contributed by atoms with E-state index >= 15 is 0 Å². The van der Waals surface area contributed by atoms with Gasteiger partial charge in [-0.3, -0.25) is 4.98 Å². The predicted octanol–water partition coefficient (Wildman–Crippen LogP) is 11.5. The summed E-state index contributed by atoms with van der Waals surface area (Å²) in [4.78, 5) is 14.3. The normalized spacial score (nSPS) is 11.6. The monoisotopic (exact) mass is 899 g/mol. The van der Waals surface area contributed by atoms with Gasteiger partial charge in [0.2, 0.25) is 5.71 Å². The molecule has 0 saturated carbocycles. The van der Waals surface area contributed by atoms with Crippen molar-refractivity contribution >= 4 is 57.1 Å². The van der Waals surface area contributed by atoms with Gasteiger partial charge in [0.1, 0.15) is 0 Å². The van der Waals surface area contributed by atoms with Crippen LogP contribution in [0.5, 0.6) is 0 Å². The molecule has 5 aromatic carbocycles. The maximum absolute atomic E-state index is 6.16. The molecule has 1 radical (unpaired) electrons. The molecule has 0 amide bonds. The molecule has 9 rings (SSSR count). The Morgan fingerprint density at radius 2 is 1.52 bits per heavy atom. The maximum atomic E-state index is 6.16. The van der Waals surface area contributed by atoms with E-state index in [1.807, 2.05) is 43.3 Å². The summed E-state index contributed by atoms with van der Waals surface area (Å²) in [5.74, 6) is 1.52. The molecular weight excluding hydrogens is 857 g/mol. The Hall–Kier alpha value is -5.20. The quantitative estimate of drug-likeness (QED) is 0.123. The van der Waals surface area contributed by atoms with Crippen molar-refractivity contribution in [1.29, 1.82) is 0 Å². The summed E-state index contributed by atoms with van der Waals surface area (Å²) in [6, 6.07) is 48.3. The standard InChI is InChI=1S/C24H27N2OSi.C23H15N2.Ir/c1-15(2)12-17-13-21(25-14-22(17)28(4,5)6)20-9-7-8-18-19-11-10-16(3)26-24(19)27-23(18)20;1-2-10-20(11-3-1)25-22-13-7-6-12-21(22)24-23(25)19-15-14-17-8-4-5-9-18(17)16-19;/h7-8,10-11,13-15H,12H2,1-6H3;1-14,16H;/q2*-1;. The molecule has 0 bridgehead atoms. The molecule has 7 heteroatoms. The number of hydrogen-bond acceptors (Lipinski definition) is 4. The van der Waals surface area contributed by atoms with Gasteiger partial charge in [-0.1, -0.05) is 116 Å². The molecule has 54 heavy (non-hydrogen) atoms. The molecule has 0 saturated heterocycles. The SMILES string of the molecule is Cc1ccc2c(n1)oc1c(-c3cc(CC(C)C)c([Si](C)(C)C)cn3)[c-]ccc12.[Ir].[c-]1cc2ccccc2cc1-c1nc2ccccc2n1-c1ccccc1. The first-order valence-electron chi connectivity index (χ1n) is 18.3. The van der Waals surface area contributed by atoms with Gasteiger partial charge in [0, 0.05) is 43.1 Å². The van der Waals surface area contributed by atoms with Crippen molar-refractivity contribution in [3.63, 3.8) is 0 Å². The van der Waals surface area contributed by atoms with Crippen LogP contribution in [-0.4, -0.2) is 27.6 Å². The second-order valence-electron chi connectivity index (χ2n) is 15.1. The van der Waals surface area contributed by atoms with E-state index in [0.29, 0.717) is 11.6 Å². The summed E-state index contributed by atoms with van der Waals surface area (Å²) in [7, 11) is -1.46. The molecule has 5 nitrogen and oxygen atoms in total. The molecule has 4 heterocycles. The zero-order valence-electron chi connectivity index (χ0n) is 31.4. The number of fused-ring (bicyclic) bond motifs is 5. The Labute approximate surface area is 331 Å². The number of aromatic nitrogens is 4. The van der Waals surface area contributed by atoms with Crippen LogP contribution in [0.4, 0.5) is 0 Å². The van der Waals surface area contributed by atoms with Gasteiger partial charge < -0.3 is 14.0 Å². The fourth-order valence-electron chi connectivity index (χ4n) is 7.12. The average Bonchev–Trinajstić information content (AvgIpc) is 3.73. The van der Waals surface area contributed by atoms with Gasteiger partial charge in [-0.05, 0) is 66.5 Å². The summed E-state index contributed by atoms with van der Waals surface area (Å²) in [5.41, 5.74) is 9.90. The number of nitrogens with zero attached hydrogens (tertiary/aromatic N) is 4. The summed E-state index contributed by atoms with van der Waals surface area (Å²) < 4.78 is 8.37. The first kappa shape index (κ1) is 37.1. The Morgan fingerprint density at radius 3 is 2.30 bits per heavy atom. The van der Waals surface area contributed by atoms with E-state index in [2.05, 4.69) is 146 Å². The molecule has 0 spiro atoms. The van der Waals surface area contributed by atoms with Crippen LogP contribution in [0.3, 0.4) is 0 Å². The van der Waals surface area contributed by atoms with Gasteiger partial charge in [-0.25, -0.2) is 4.98 Å². The van der Waals surface area contributed by atoms with Crippen LogP contribution in [0.1, 0.15) is 25.1 Å². The van der Waals surface area contributed by atoms with Crippen molar-refractivity contribution in [2.24, 2.45) is 5.92 Å². The Bertz CT molecular complexity index is 2740. The predicted molar refractivity (Wildman–Crippen MR) is 223 cm³/mol.